The Hall–Kier alpha value is -1.33. The number of aliphatic hydroxyl groups is 1. The maximum atomic E-state index is 11.4. The van der Waals surface area contributed by atoms with E-state index in [4.69, 9.17) is 4.74 Å². The smallest absolute Gasteiger partial charge is 0.412 e. The van der Waals surface area contributed by atoms with Crippen molar-refractivity contribution in [3.05, 3.63) is 46.6 Å². The van der Waals surface area contributed by atoms with Crippen LogP contribution >= 0.6 is 15.9 Å². The number of ether oxygens (including phenoxy) is 1. The van der Waals surface area contributed by atoms with Crippen LogP contribution in [0.2, 0.25) is 0 Å². The van der Waals surface area contributed by atoms with Crippen LogP contribution in [0.4, 0.5) is 4.79 Å². The second-order valence-corrected chi connectivity index (χ2v) is 4.87. The molecule has 0 radical (unpaired) electrons. The van der Waals surface area contributed by atoms with Gasteiger partial charge in [0, 0.05) is 4.47 Å². The third kappa shape index (κ3) is 5.33. The standard InChI is InChI=1S/C13H16BrNO3/c1-9(2)18-13(17)15-12(8-16)7-10-4-3-5-11(14)6-10/h3-6,12,16H,1,7-8H2,2H3,(H,15,17)/t12-/m0/s1. The molecule has 0 saturated carbocycles. The summed E-state index contributed by atoms with van der Waals surface area (Å²) in [6.45, 7) is 4.90. The lowest BCUT2D eigenvalue weighted by Crippen LogP contribution is -2.39. The number of nitrogens with one attached hydrogen (secondary N) is 1. The van der Waals surface area contributed by atoms with E-state index in [1.54, 1.807) is 6.92 Å². The molecule has 98 valence electrons. The molecular weight excluding hydrogens is 298 g/mol. The van der Waals surface area contributed by atoms with Gasteiger partial charge in [0.1, 0.15) is 0 Å². The van der Waals surface area contributed by atoms with E-state index in [-0.39, 0.29) is 12.6 Å². The number of benzene rings is 1. The van der Waals surface area contributed by atoms with Crippen LogP contribution in [0, 0.1) is 0 Å². The minimum absolute atomic E-state index is 0.155. The first-order chi connectivity index (χ1) is 8.51. The molecule has 0 fully saturated rings. The Morgan fingerprint density at radius 2 is 2.33 bits per heavy atom. The van der Waals surface area contributed by atoms with E-state index >= 15 is 0 Å². The van der Waals surface area contributed by atoms with Gasteiger partial charge in [-0.05, 0) is 31.0 Å². The van der Waals surface area contributed by atoms with Crippen molar-refractivity contribution in [1.82, 2.24) is 5.32 Å². The first-order valence-electron chi connectivity index (χ1n) is 5.50. The second kappa shape index (κ2) is 7.18. The molecule has 4 nitrogen and oxygen atoms in total. The van der Waals surface area contributed by atoms with Gasteiger partial charge in [-0.25, -0.2) is 4.79 Å². The number of rotatable bonds is 5. The van der Waals surface area contributed by atoms with Gasteiger partial charge in [-0.1, -0.05) is 34.6 Å². The summed E-state index contributed by atoms with van der Waals surface area (Å²) in [4.78, 5) is 11.4. The Morgan fingerprint density at radius 3 is 2.89 bits per heavy atom. The average molecular weight is 314 g/mol. The maximum absolute atomic E-state index is 11.4. The van der Waals surface area contributed by atoms with Crippen molar-refractivity contribution in [3.8, 4) is 0 Å². The molecule has 18 heavy (non-hydrogen) atoms. The molecule has 1 atom stereocenters. The van der Waals surface area contributed by atoms with Gasteiger partial charge in [0.05, 0.1) is 18.4 Å². The first-order valence-corrected chi connectivity index (χ1v) is 6.29. The van der Waals surface area contributed by atoms with Crippen LogP contribution < -0.4 is 5.32 Å². The van der Waals surface area contributed by atoms with Crippen LogP contribution in [0.3, 0.4) is 0 Å². The summed E-state index contributed by atoms with van der Waals surface area (Å²) in [5.74, 6) is 0.312. The summed E-state index contributed by atoms with van der Waals surface area (Å²) < 4.78 is 5.74. The summed E-state index contributed by atoms with van der Waals surface area (Å²) in [5, 5.41) is 11.8. The summed E-state index contributed by atoms with van der Waals surface area (Å²) in [6.07, 6.45) is -0.0714. The number of alkyl carbamates (subject to hydrolysis) is 1. The van der Waals surface area contributed by atoms with Gasteiger partial charge in [-0.2, -0.15) is 0 Å². The molecule has 1 aromatic carbocycles. The van der Waals surface area contributed by atoms with Crippen LogP contribution in [-0.4, -0.2) is 23.8 Å². The fourth-order valence-corrected chi connectivity index (χ4v) is 1.91. The van der Waals surface area contributed by atoms with Crippen molar-refractivity contribution in [2.24, 2.45) is 0 Å². The molecular formula is C13H16BrNO3. The lowest BCUT2D eigenvalue weighted by Gasteiger charge is -2.16. The molecule has 0 aromatic heterocycles. The minimum Gasteiger partial charge on any atom is -0.416 e. The summed E-state index contributed by atoms with van der Waals surface area (Å²) in [5.41, 5.74) is 1.01. The monoisotopic (exact) mass is 313 g/mol. The zero-order chi connectivity index (χ0) is 13.5. The van der Waals surface area contributed by atoms with Gasteiger partial charge in [0.2, 0.25) is 0 Å². The van der Waals surface area contributed by atoms with Crippen LogP contribution in [0.1, 0.15) is 12.5 Å². The quantitative estimate of drug-likeness (QED) is 0.822. The molecule has 0 unspecified atom stereocenters. The number of hydrogen-bond donors (Lipinski definition) is 2. The van der Waals surface area contributed by atoms with Crippen molar-refractivity contribution >= 4 is 22.0 Å². The fourth-order valence-electron chi connectivity index (χ4n) is 1.46. The highest BCUT2D eigenvalue weighted by molar-refractivity contribution is 9.10. The van der Waals surface area contributed by atoms with Crippen molar-refractivity contribution in [1.29, 1.82) is 0 Å². The van der Waals surface area contributed by atoms with Crippen LogP contribution in [0.15, 0.2) is 41.1 Å². The molecule has 0 aliphatic heterocycles. The van der Waals surface area contributed by atoms with Crippen LogP contribution in [0.25, 0.3) is 0 Å². The first kappa shape index (κ1) is 14.7. The van der Waals surface area contributed by atoms with E-state index < -0.39 is 6.09 Å². The van der Waals surface area contributed by atoms with E-state index in [1.165, 1.54) is 0 Å². The van der Waals surface area contributed by atoms with Gasteiger partial charge in [0.15, 0.2) is 0 Å². The lowest BCUT2D eigenvalue weighted by atomic mass is 10.1. The van der Waals surface area contributed by atoms with E-state index in [0.717, 1.165) is 10.0 Å². The summed E-state index contributed by atoms with van der Waals surface area (Å²) in [6, 6.07) is 7.31. The molecule has 1 aromatic rings. The molecule has 1 rings (SSSR count). The molecule has 1 amide bonds. The van der Waals surface area contributed by atoms with E-state index in [9.17, 15) is 9.90 Å². The third-order valence-electron chi connectivity index (χ3n) is 2.18. The van der Waals surface area contributed by atoms with Gasteiger partial charge in [-0.15, -0.1) is 0 Å². The Balaban J connectivity index is 2.57. The highest BCUT2D eigenvalue weighted by atomic mass is 79.9. The Morgan fingerprint density at radius 1 is 1.61 bits per heavy atom. The summed E-state index contributed by atoms with van der Waals surface area (Å²) >= 11 is 3.37. The molecule has 0 aliphatic rings. The number of carbonyl (C=O) groups is 1. The molecule has 0 spiro atoms. The largest absolute Gasteiger partial charge is 0.416 e. The Bertz CT molecular complexity index is 434. The van der Waals surface area contributed by atoms with Gasteiger partial charge < -0.3 is 15.2 Å². The molecule has 0 saturated heterocycles. The Labute approximate surface area is 115 Å². The van der Waals surface area contributed by atoms with Gasteiger partial charge >= 0.3 is 6.09 Å². The SMILES string of the molecule is C=C(C)OC(=O)N[C@H](CO)Cc1cccc(Br)c1. The van der Waals surface area contributed by atoms with Crippen molar-refractivity contribution in [2.75, 3.05) is 6.61 Å². The predicted molar refractivity (Wildman–Crippen MR) is 73.2 cm³/mol. The molecule has 0 aliphatic carbocycles. The number of amides is 1. The predicted octanol–water partition coefficient (Wildman–Crippen LogP) is 2.61. The highest BCUT2D eigenvalue weighted by Crippen LogP contribution is 2.13. The van der Waals surface area contributed by atoms with Gasteiger partial charge in [-0.3, -0.25) is 0 Å². The molecule has 5 heteroatoms. The minimum atomic E-state index is -0.600. The molecule has 0 bridgehead atoms. The number of halogens is 1. The Kier molecular flexibility index (Phi) is 5.88. The van der Waals surface area contributed by atoms with Crippen molar-refractivity contribution < 1.29 is 14.6 Å². The number of aliphatic hydroxyl groups excluding tert-OH is 1. The van der Waals surface area contributed by atoms with Crippen LogP contribution in [0.5, 0.6) is 0 Å². The second-order valence-electron chi connectivity index (χ2n) is 3.95. The topological polar surface area (TPSA) is 58.6 Å². The zero-order valence-corrected chi connectivity index (χ0v) is 11.7. The number of allylic oxidation sites excluding steroid dienone is 1. The third-order valence-corrected chi connectivity index (χ3v) is 2.67. The zero-order valence-electron chi connectivity index (χ0n) is 10.1. The average Bonchev–Trinajstić information content (AvgIpc) is 2.27. The fraction of sp³-hybridized carbons (Fsp3) is 0.308. The van der Waals surface area contributed by atoms with E-state index in [2.05, 4.69) is 27.8 Å². The van der Waals surface area contributed by atoms with Crippen molar-refractivity contribution in [3.63, 3.8) is 0 Å². The normalized spacial score (nSPS) is 11.7. The number of carbonyl (C=O) groups excluding carboxylic acids is 1. The van der Waals surface area contributed by atoms with E-state index in [0.29, 0.717) is 12.2 Å². The van der Waals surface area contributed by atoms with Crippen molar-refractivity contribution in [2.45, 2.75) is 19.4 Å². The van der Waals surface area contributed by atoms with Gasteiger partial charge in [0.25, 0.3) is 0 Å². The van der Waals surface area contributed by atoms with E-state index in [1.807, 2.05) is 24.3 Å². The molecule has 0 heterocycles. The maximum Gasteiger partial charge on any atom is 0.412 e. The number of hydrogen-bond acceptors (Lipinski definition) is 3. The molecule has 2 N–H and O–H groups in total. The lowest BCUT2D eigenvalue weighted by molar-refractivity contribution is 0.162. The van der Waals surface area contributed by atoms with Crippen LogP contribution in [-0.2, 0) is 11.2 Å². The highest BCUT2D eigenvalue weighted by Gasteiger charge is 2.13. The summed E-state index contributed by atoms with van der Waals surface area (Å²) in [7, 11) is 0.